The summed E-state index contributed by atoms with van der Waals surface area (Å²) in [6.07, 6.45) is 3.58. The van der Waals surface area contributed by atoms with Gasteiger partial charge in [-0.1, -0.05) is 56.3 Å². The van der Waals surface area contributed by atoms with Crippen molar-refractivity contribution in [3.8, 4) is 11.5 Å². The Hall–Kier alpha value is -3.51. The van der Waals surface area contributed by atoms with Gasteiger partial charge in [0.25, 0.3) is 5.91 Å². The Bertz CT molecular complexity index is 1280. The molecule has 0 aromatic heterocycles. The number of carbonyl (C=O) groups excluding carboxylic acids is 1. The molecule has 6 heteroatoms. The van der Waals surface area contributed by atoms with E-state index >= 15 is 0 Å². The number of amidine groups is 1. The number of hydrogen-bond donors (Lipinski definition) is 0. The summed E-state index contributed by atoms with van der Waals surface area (Å²) in [5.74, 6) is 1.23. The summed E-state index contributed by atoms with van der Waals surface area (Å²) in [6.45, 7) is 6.67. The van der Waals surface area contributed by atoms with E-state index in [4.69, 9.17) is 14.5 Å². The number of thioether (sulfide) groups is 1. The molecule has 1 heterocycles. The standard InChI is InChI=1S/C29H30N2O3S/c1-5-21-12-8-10-14-23(21)30-29-31(24-15-11-9-13-22(24)6-2)28(32)27(35-29)19-20-16-17-25(33-4)26(18-20)34-7-3/h8-19H,5-7H2,1-4H3. The highest BCUT2D eigenvalue weighted by Gasteiger charge is 2.35. The molecule has 180 valence electrons. The molecule has 35 heavy (non-hydrogen) atoms. The van der Waals surface area contributed by atoms with E-state index in [0.717, 1.165) is 40.9 Å². The van der Waals surface area contributed by atoms with Crippen molar-refractivity contribution in [1.29, 1.82) is 0 Å². The monoisotopic (exact) mass is 486 g/mol. The number of aliphatic imine (C=N–C) groups is 1. The van der Waals surface area contributed by atoms with Gasteiger partial charge >= 0.3 is 0 Å². The van der Waals surface area contributed by atoms with Gasteiger partial charge in [-0.05, 0) is 78.6 Å². The summed E-state index contributed by atoms with van der Waals surface area (Å²) in [4.78, 5) is 21.1. The summed E-state index contributed by atoms with van der Waals surface area (Å²) in [7, 11) is 1.62. The van der Waals surface area contributed by atoms with Crippen molar-refractivity contribution in [2.24, 2.45) is 4.99 Å². The molecular formula is C29H30N2O3S. The van der Waals surface area contributed by atoms with Crippen molar-refractivity contribution >= 4 is 40.3 Å². The number of hydrogen-bond acceptors (Lipinski definition) is 5. The van der Waals surface area contributed by atoms with Gasteiger partial charge in [0.15, 0.2) is 16.7 Å². The highest BCUT2D eigenvalue weighted by molar-refractivity contribution is 8.19. The molecule has 1 amide bonds. The average molecular weight is 487 g/mol. The molecule has 5 nitrogen and oxygen atoms in total. The Labute approximate surface area is 211 Å². The van der Waals surface area contributed by atoms with Gasteiger partial charge in [-0.25, -0.2) is 4.99 Å². The lowest BCUT2D eigenvalue weighted by molar-refractivity contribution is -0.113. The number of anilines is 1. The molecule has 0 N–H and O–H groups in total. The molecule has 0 saturated carbocycles. The van der Waals surface area contributed by atoms with Crippen LogP contribution >= 0.6 is 11.8 Å². The second kappa shape index (κ2) is 11.3. The maximum atomic E-state index is 13.8. The molecule has 1 fully saturated rings. The molecule has 0 atom stereocenters. The van der Waals surface area contributed by atoms with E-state index in [1.54, 1.807) is 12.0 Å². The van der Waals surface area contributed by atoms with Gasteiger partial charge < -0.3 is 9.47 Å². The lowest BCUT2D eigenvalue weighted by Crippen LogP contribution is -2.29. The van der Waals surface area contributed by atoms with E-state index in [0.29, 0.717) is 28.2 Å². The van der Waals surface area contributed by atoms with E-state index in [1.165, 1.54) is 11.8 Å². The first-order valence-electron chi connectivity index (χ1n) is 11.9. The Balaban J connectivity index is 1.81. The SMILES string of the molecule is CCOc1cc(C=C2SC(=Nc3ccccc3CC)N(c3ccccc3CC)C2=O)ccc1OC. The van der Waals surface area contributed by atoms with Crippen LogP contribution in [0.25, 0.3) is 6.08 Å². The van der Waals surface area contributed by atoms with Gasteiger partial charge in [0, 0.05) is 0 Å². The van der Waals surface area contributed by atoms with Crippen LogP contribution in [0.15, 0.2) is 76.6 Å². The third kappa shape index (κ3) is 5.28. The number of methoxy groups -OCH3 is 1. The lowest BCUT2D eigenvalue weighted by Gasteiger charge is -2.19. The predicted octanol–water partition coefficient (Wildman–Crippen LogP) is 7.03. The van der Waals surface area contributed by atoms with Gasteiger partial charge in [0.05, 0.1) is 30.0 Å². The normalized spacial score (nSPS) is 15.8. The summed E-state index contributed by atoms with van der Waals surface area (Å²) in [5.41, 5.74) is 4.86. The minimum atomic E-state index is -0.0857. The van der Waals surface area contributed by atoms with Crippen molar-refractivity contribution in [3.63, 3.8) is 0 Å². The van der Waals surface area contributed by atoms with Crippen LogP contribution in [-0.4, -0.2) is 24.8 Å². The van der Waals surface area contributed by atoms with Crippen LogP contribution in [0.2, 0.25) is 0 Å². The molecule has 0 spiro atoms. The number of benzene rings is 3. The van der Waals surface area contributed by atoms with Crippen molar-refractivity contribution in [1.82, 2.24) is 0 Å². The topological polar surface area (TPSA) is 51.1 Å². The summed E-state index contributed by atoms with van der Waals surface area (Å²) in [6, 6.07) is 21.8. The predicted molar refractivity (Wildman–Crippen MR) is 146 cm³/mol. The fourth-order valence-corrected chi connectivity index (χ4v) is 5.00. The summed E-state index contributed by atoms with van der Waals surface area (Å²) in [5, 5.41) is 0.654. The summed E-state index contributed by atoms with van der Waals surface area (Å²) >= 11 is 1.39. The molecule has 1 saturated heterocycles. The van der Waals surface area contributed by atoms with E-state index in [-0.39, 0.29) is 5.91 Å². The van der Waals surface area contributed by atoms with Crippen LogP contribution in [-0.2, 0) is 17.6 Å². The number of rotatable bonds is 8. The molecular weight excluding hydrogens is 456 g/mol. The van der Waals surface area contributed by atoms with E-state index in [1.807, 2.05) is 67.6 Å². The number of carbonyl (C=O) groups is 1. The molecule has 1 aliphatic heterocycles. The van der Waals surface area contributed by atoms with Gasteiger partial charge in [0.2, 0.25) is 0 Å². The molecule has 0 aliphatic carbocycles. The molecule has 4 rings (SSSR count). The second-order valence-corrected chi connectivity index (χ2v) is 8.96. The van der Waals surface area contributed by atoms with Gasteiger partial charge in [0.1, 0.15) is 0 Å². The maximum Gasteiger partial charge on any atom is 0.271 e. The molecule has 1 aliphatic rings. The van der Waals surface area contributed by atoms with E-state index in [9.17, 15) is 4.79 Å². The molecule has 0 bridgehead atoms. The molecule has 3 aromatic rings. The van der Waals surface area contributed by atoms with E-state index in [2.05, 4.69) is 26.0 Å². The first kappa shape index (κ1) is 24.6. The molecule has 0 unspecified atom stereocenters. The number of ether oxygens (including phenoxy) is 2. The zero-order valence-electron chi connectivity index (χ0n) is 20.6. The number of nitrogens with zero attached hydrogens (tertiary/aromatic N) is 2. The van der Waals surface area contributed by atoms with Crippen LogP contribution < -0.4 is 14.4 Å². The highest BCUT2D eigenvalue weighted by atomic mass is 32.2. The van der Waals surface area contributed by atoms with Crippen molar-refractivity contribution in [3.05, 3.63) is 88.3 Å². The number of aryl methyl sites for hydroxylation is 2. The first-order valence-corrected chi connectivity index (χ1v) is 12.7. The zero-order valence-corrected chi connectivity index (χ0v) is 21.4. The second-order valence-electron chi connectivity index (χ2n) is 7.95. The quantitative estimate of drug-likeness (QED) is 0.321. The van der Waals surface area contributed by atoms with Crippen molar-refractivity contribution in [2.75, 3.05) is 18.6 Å². The largest absolute Gasteiger partial charge is 0.493 e. The van der Waals surface area contributed by atoms with Gasteiger partial charge in [-0.15, -0.1) is 0 Å². The van der Waals surface area contributed by atoms with Crippen molar-refractivity contribution < 1.29 is 14.3 Å². The number of amides is 1. The van der Waals surface area contributed by atoms with Gasteiger partial charge in [-0.2, -0.15) is 0 Å². The van der Waals surface area contributed by atoms with Crippen LogP contribution in [0.1, 0.15) is 37.5 Å². The zero-order chi connectivity index (χ0) is 24.8. The fourth-order valence-electron chi connectivity index (χ4n) is 4.01. The Morgan fingerprint density at radius 1 is 0.914 bits per heavy atom. The Kier molecular flexibility index (Phi) is 7.93. The molecule has 0 radical (unpaired) electrons. The van der Waals surface area contributed by atoms with Gasteiger partial charge in [-0.3, -0.25) is 9.69 Å². The van der Waals surface area contributed by atoms with Crippen molar-refractivity contribution in [2.45, 2.75) is 33.6 Å². The molecule has 3 aromatic carbocycles. The summed E-state index contributed by atoms with van der Waals surface area (Å²) < 4.78 is 11.1. The van der Waals surface area contributed by atoms with Crippen LogP contribution in [0.4, 0.5) is 11.4 Å². The van der Waals surface area contributed by atoms with Crippen LogP contribution in [0, 0.1) is 0 Å². The Morgan fingerprint density at radius 2 is 1.63 bits per heavy atom. The number of para-hydroxylation sites is 2. The van der Waals surface area contributed by atoms with Crippen LogP contribution in [0.3, 0.4) is 0 Å². The smallest absolute Gasteiger partial charge is 0.271 e. The third-order valence-electron chi connectivity index (χ3n) is 5.79. The van der Waals surface area contributed by atoms with Crippen LogP contribution in [0.5, 0.6) is 11.5 Å². The lowest BCUT2D eigenvalue weighted by atomic mass is 10.1. The minimum Gasteiger partial charge on any atom is -0.493 e. The highest BCUT2D eigenvalue weighted by Crippen LogP contribution is 2.40. The fraction of sp³-hybridized carbons (Fsp3) is 0.241. The average Bonchev–Trinajstić information content (AvgIpc) is 3.18. The maximum absolute atomic E-state index is 13.8. The Morgan fingerprint density at radius 3 is 2.34 bits per heavy atom. The minimum absolute atomic E-state index is 0.0857. The first-order chi connectivity index (χ1) is 17.1. The van der Waals surface area contributed by atoms with E-state index < -0.39 is 0 Å². The third-order valence-corrected chi connectivity index (χ3v) is 6.76.